The van der Waals surface area contributed by atoms with Crippen LogP contribution in [0.1, 0.15) is 11.4 Å². The van der Waals surface area contributed by atoms with Gasteiger partial charge in [-0.25, -0.2) is 34.0 Å². The van der Waals surface area contributed by atoms with Crippen LogP contribution < -0.4 is 29.4 Å². The van der Waals surface area contributed by atoms with Crippen LogP contribution in [0.3, 0.4) is 0 Å². The third-order valence-corrected chi connectivity index (χ3v) is 26.1. The Kier molecular flexibility index (Phi) is 26.7. The summed E-state index contributed by atoms with van der Waals surface area (Å²) in [5, 5.41) is 28.5. The van der Waals surface area contributed by atoms with Gasteiger partial charge in [-0.2, -0.15) is 0 Å². The summed E-state index contributed by atoms with van der Waals surface area (Å²) in [6, 6.07) is 80.1. The number of anilines is 6. The Labute approximate surface area is 733 Å². The highest BCUT2D eigenvalue weighted by Crippen LogP contribution is 2.46. The third kappa shape index (κ3) is 18.9. The molecule has 0 saturated carbocycles. The molecule has 0 spiro atoms. The van der Waals surface area contributed by atoms with Crippen molar-refractivity contribution in [3.8, 4) is 0 Å². The Morgan fingerprint density at radius 1 is 0.364 bits per heavy atom. The van der Waals surface area contributed by atoms with E-state index in [1.807, 2.05) is 66.9 Å². The van der Waals surface area contributed by atoms with Crippen LogP contribution in [-0.2, 0) is 53.6 Å². The third-order valence-electron chi connectivity index (χ3n) is 19.6. The van der Waals surface area contributed by atoms with Gasteiger partial charge in [0.2, 0.25) is 0 Å². The van der Waals surface area contributed by atoms with Gasteiger partial charge in [0.15, 0.2) is 0 Å². The SMILES string of the molecule is C[Si](C)(C)CCOCn1c(C2(O)C(=O)N(c3ccc(Br)cc3)C(=O)N2c2ccc(Br)cc2)cc2ccccc21.C[Si](C)(C)CCOCn1ccc2ccccc21.O=C1C(=O)N(c2ccc(Br)cc2)C(=O)N1c1ccc(Br)cc1.O=C1N(c2ccc(Br)cc2)C(=O)C(O)(c2cc3ccccc3[nH]2)N1c1ccc(Br)cc1.c1ccc2[nH]ccc2c1. The number of ether oxygens (including phenoxy) is 2. The van der Waals surface area contributed by atoms with Crippen LogP contribution in [0.2, 0.25) is 51.4 Å². The van der Waals surface area contributed by atoms with E-state index in [0.717, 1.165) is 90.7 Å². The number of fused-ring (bicyclic) bond motifs is 4. The van der Waals surface area contributed by atoms with Crippen LogP contribution in [0.5, 0.6) is 0 Å². The zero-order valence-corrected chi connectivity index (χ0v) is 76.2. The van der Waals surface area contributed by atoms with Gasteiger partial charge in [-0.3, -0.25) is 29.0 Å². The summed E-state index contributed by atoms with van der Waals surface area (Å²) in [7, 11) is -2.29. The number of nitrogens with one attached hydrogen (secondary N) is 2. The number of nitrogens with zero attached hydrogens (tertiary/aromatic N) is 8. The lowest BCUT2D eigenvalue weighted by atomic mass is 10.1. The minimum absolute atomic E-state index is 0.129. The van der Waals surface area contributed by atoms with Crippen LogP contribution in [0.15, 0.2) is 306 Å². The second kappa shape index (κ2) is 36.7. The number of carbonyl (C=O) groups is 7. The molecule has 17 rings (SSSR count). The molecule has 3 saturated heterocycles. The van der Waals surface area contributed by atoms with E-state index in [2.05, 4.69) is 204 Å². The van der Waals surface area contributed by atoms with Gasteiger partial charge in [-0.05, 0) is 222 Å². The molecule has 118 heavy (non-hydrogen) atoms. The molecule has 3 aliphatic rings. The van der Waals surface area contributed by atoms with Gasteiger partial charge in [-0.15, -0.1) is 0 Å². The van der Waals surface area contributed by atoms with Gasteiger partial charge in [-0.1, -0.05) is 208 Å². The average Bonchev–Trinajstić information content (AvgIpc) is 1.56. The first-order valence-corrected chi connectivity index (χ1v) is 49.6. The number of hydrogen-bond donors (Lipinski definition) is 4. The second-order valence-electron chi connectivity index (χ2n) is 30.2. The Bertz CT molecular complexity index is 5890. The molecular weight excluding hydrogens is 1920 g/mol. The molecule has 29 heteroatoms. The van der Waals surface area contributed by atoms with E-state index in [1.165, 1.54) is 27.8 Å². The van der Waals surface area contributed by atoms with Gasteiger partial charge in [0.1, 0.15) is 13.5 Å². The number of amides is 10. The maximum atomic E-state index is 14.2. The average molecular weight is 2000 g/mol. The number of halogens is 6. The van der Waals surface area contributed by atoms with E-state index in [-0.39, 0.29) is 18.1 Å². The number of benzene rings is 10. The van der Waals surface area contributed by atoms with Gasteiger partial charge < -0.3 is 38.8 Å². The molecule has 10 aromatic carbocycles. The molecular formula is C89H80Br6N10O11Si2. The largest absolute Gasteiger partial charge is 0.361 e. The Hall–Kier alpha value is -10.00. The van der Waals surface area contributed by atoms with Crippen LogP contribution in [0.25, 0.3) is 43.6 Å². The molecule has 602 valence electrons. The fraction of sp³-hybridized carbons (Fsp3) is 0.157. The first-order chi connectivity index (χ1) is 56.4. The smallest absolute Gasteiger partial charge is 0.343 e. The second-order valence-corrected chi connectivity index (χ2v) is 46.9. The van der Waals surface area contributed by atoms with E-state index in [1.54, 1.807) is 162 Å². The topological polar surface area (TPSA) is 239 Å². The van der Waals surface area contributed by atoms with Crippen LogP contribution in [0, 0.1) is 0 Å². The van der Waals surface area contributed by atoms with Crippen molar-refractivity contribution >= 4 is 231 Å². The summed E-state index contributed by atoms with van der Waals surface area (Å²) in [6.07, 6.45) is 4.05. The van der Waals surface area contributed by atoms with Crippen molar-refractivity contribution in [2.24, 2.45) is 0 Å². The van der Waals surface area contributed by atoms with E-state index >= 15 is 0 Å². The molecule has 2 atom stereocenters. The number of aromatic nitrogens is 4. The minimum atomic E-state index is -2.32. The number of H-pyrrole nitrogens is 2. The van der Waals surface area contributed by atoms with Crippen molar-refractivity contribution in [3.63, 3.8) is 0 Å². The number of rotatable bonds is 18. The zero-order chi connectivity index (χ0) is 84.0. The highest BCUT2D eigenvalue weighted by Gasteiger charge is 2.62. The number of para-hydroxylation sites is 4. The standard InChI is InChI=1S/C29H29Br2N3O4Si.C23H15Br2N3O3.C15H8Br2N2O3.C14H21NOSi.C8H7N/c1-39(2,3)17-16-38-19-32-25-7-5-4-6-20(25)18-26(32)29(37)27(35)33(23-12-8-21(30)9-13-23)28(36)34(29)24-14-10-22(31)11-15-24;24-15-5-9-17(10-6-15)27-21(29)23(31,20-13-14-3-1-2-4-19(14)26-20)28(22(27)30)18-11-7-16(25)8-12-18;16-9-1-5-11(6-2-9)18-13(20)14(21)19(15(18)22)12-7-3-10(17)4-8-12;1-17(2,3)11-10-16-12-15-9-8-13-6-4-5-7-14(13)15;1-2-4-8-7(3-1)5-6-9-8/h4-15,18,37H,16-17,19H2,1-3H3;1-13,26,31H;1-8H;4-9H,10-12H2,1-3H3;1-6,9H. The summed E-state index contributed by atoms with van der Waals surface area (Å²) in [5.74, 6) is -3.25. The predicted molar refractivity (Wildman–Crippen MR) is 492 cm³/mol. The quantitative estimate of drug-likeness (QED) is 0.0273. The molecule has 3 fully saturated rings. The van der Waals surface area contributed by atoms with Gasteiger partial charge in [0, 0.05) is 102 Å². The predicted octanol–water partition coefficient (Wildman–Crippen LogP) is 22.6. The van der Waals surface area contributed by atoms with E-state index < -0.39 is 69.3 Å². The molecule has 4 N–H and O–H groups in total. The van der Waals surface area contributed by atoms with Crippen LogP contribution in [0.4, 0.5) is 48.5 Å². The summed E-state index contributed by atoms with van der Waals surface area (Å²) < 4.78 is 20.7. The molecule has 10 amide bonds. The van der Waals surface area contributed by atoms with Crippen LogP contribution in [-0.4, -0.2) is 100 Å². The van der Waals surface area contributed by atoms with Crippen molar-refractivity contribution in [1.29, 1.82) is 0 Å². The lowest BCUT2D eigenvalue weighted by molar-refractivity contribution is -0.134. The molecule has 3 aliphatic heterocycles. The van der Waals surface area contributed by atoms with Gasteiger partial charge in [0.25, 0.3) is 23.3 Å². The molecule has 7 heterocycles. The molecule has 21 nitrogen and oxygen atoms in total. The fourth-order valence-corrected chi connectivity index (χ4v) is 16.4. The normalized spacial score (nSPS) is 16.2. The van der Waals surface area contributed by atoms with Crippen molar-refractivity contribution < 1.29 is 53.2 Å². The number of carbonyl (C=O) groups excluding carboxylic acids is 7. The monoisotopic (exact) mass is 1990 g/mol. The number of hydrogen-bond acceptors (Lipinski definition) is 11. The number of imide groups is 4. The maximum Gasteiger partial charge on any atom is 0.343 e. The lowest BCUT2D eigenvalue weighted by Gasteiger charge is -2.31. The highest BCUT2D eigenvalue weighted by molar-refractivity contribution is 9.11. The Morgan fingerprint density at radius 2 is 0.737 bits per heavy atom. The van der Waals surface area contributed by atoms with Crippen molar-refractivity contribution in [2.45, 2.75) is 76.3 Å². The Morgan fingerprint density at radius 3 is 1.19 bits per heavy atom. The first kappa shape index (κ1) is 85.9. The number of aliphatic hydroxyl groups is 2. The molecule has 2 unspecified atom stereocenters. The Balaban J connectivity index is 0.000000136. The first-order valence-electron chi connectivity index (χ1n) is 37.4. The molecule has 4 aromatic heterocycles. The van der Waals surface area contributed by atoms with Crippen molar-refractivity contribution in [2.75, 3.05) is 42.6 Å². The summed E-state index contributed by atoms with van der Waals surface area (Å²) in [6.45, 7) is 16.2. The van der Waals surface area contributed by atoms with E-state index in [9.17, 15) is 43.8 Å². The van der Waals surface area contributed by atoms with E-state index in [0.29, 0.717) is 47.5 Å². The van der Waals surface area contributed by atoms with Gasteiger partial charge in [0.05, 0.1) is 39.7 Å². The van der Waals surface area contributed by atoms with E-state index in [4.69, 9.17) is 9.47 Å². The minimum Gasteiger partial charge on any atom is -0.361 e. The van der Waals surface area contributed by atoms with Crippen molar-refractivity contribution in [1.82, 2.24) is 19.1 Å². The molecule has 0 bridgehead atoms. The molecule has 14 aromatic rings. The summed E-state index contributed by atoms with van der Waals surface area (Å²) in [5.41, 5.74) is 2.14. The number of urea groups is 3. The van der Waals surface area contributed by atoms with Crippen molar-refractivity contribution in [3.05, 3.63) is 318 Å². The summed E-state index contributed by atoms with van der Waals surface area (Å²) >= 11 is 20.1. The highest BCUT2D eigenvalue weighted by atomic mass is 79.9. The maximum absolute atomic E-state index is 14.2. The molecule has 0 radical (unpaired) electrons. The van der Waals surface area contributed by atoms with Gasteiger partial charge >= 0.3 is 29.9 Å². The number of aromatic amines is 2. The van der Waals surface area contributed by atoms with Crippen LogP contribution >= 0.6 is 95.6 Å². The molecule has 0 aliphatic carbocycles. The summed E-state index contributed by atoms with van der Waals surface area (Å²) in [4.78, 5) is 104. The lowest BCUT2D eigenvalue weighted by Crippen LogP contribution is -2.48. The fourth-order valence-electron chi connectivity index (χ4n) is 13.3. The zero-order valence-electron chi connectivity index (χ0n) is 64.7.